The number of carbonyl (C=O) groups is 1. The number of unbranched alkanes of at least 4 members (excludes halogenated alkanes) is 1. The molecule has 0 saturated heterocycles. The van der Waals surface area contributed by atoms with Crippen LogP contribution in [0.2, 0.25) is 0 Å². The summed E-state index contributed by atoms with van der Waals surface area (Å²) >= 11 is 0. The van der Waals surface area contributed by atoms with Crippen molar-refractivity contribution in [2.75, 3.05) is 33.0 Å². The second-order valence-corrected chi connectivity index (χ2v) is 5.05. The zero-order chi connectivity index (χ0) is 14.1. The molecule has 1 saturated carbocycles. The van der Waals surface area contributed by atoms with E-state index in [0.717, 1.165) is 32.3 Å². The third-order valence-electron chi connectivity index (χ3n) is 3.32. The van der Waals surface area contributed by atoms with Crippen LogP contribution in [-0.2, 0) is 19.0 Å². The van der Waals surface area contributed by atoms with Crippen LogP contribution >= 0.6 is 0 Å². The van der Waals surface area contributed by atoms with E-state index in [1.807, 2.05) is 0 Å². The molecule has 1 unspecified atom stereocenters. The summed E-state index contributed by atoms with van der Waals surface area (Å²) in [5.74, 6) is -0.142. The summed E-state index contributed by atoms with van der Waals surface area (Å²) in [6.45, 7) is 6.25. The van der Waals surface area contributed by atoms with Gasteiger partial charge in [-0.05, 0) is 32.1 Å². The van der Waals surface area contributed by atoms with Crippen LogP contribution in [0, 0.1) is 5.92 Å². The minimum absolute atomic E-state index is 0.201. The highest BCUT2D eigenvalue weighted by atomic mass is 16.5. The summed E-state index contributed by atoms with van der Waals surface area (Å²) in [6, 6.07) is 0. The van der Waals surface area contributed by atoms with Crippen molar-refractivity contribution in [3.05, 3.63) is 0 Å². The molecule has 1 fully saturated rings. The Balaban J connectivity index is 2.21. The normalized spacial score (nSPS) is 18.1. The number of nitrogens with two attached hydrogens (primary N) is 1. The Bertz CT molecular complexity index is 268. The van der Waals surface area contributed by atoms with E-state index in [9.17, 15) is 4.79 Å². The maximum absolute atomic E-state index is 11.9. The number of rotatable bonds is 11. The monoisotopic (exact) mass is 273 g/mol. The van der Waals surface area contributed by atoms with Gasteiger partial charge < -0.3 is 19.9 Å². The van der Waals surface area contributed by atoms with Crippen molar-refractivity contribution < 1.29 is 19.0 Å². The van der Waals surface area contributed by atoms with Crippen molar-refractivity contribution in [2.45, 2.75) is 45.1 Å². The molecule has 1 aliphatic rings. The van der Waals surface area contributed by atoms with E-state index in [1.54, 1.807) is 6.92 Å². The van der Waals surface area contributed by atoms with Crippen molar-refractivity contribution in [2.24, 2.45) is 11.7 Å². The molecule has 0 aromatic carbocycles. The van der Waals surface area contributed by atoms with Gasteiger partial charge in [-0.2, -0.15) is 0 Å². The van der Waals surface area contributed by atoms with E-state index in [2.05, 4.69) is 6.92 Å². The van der Waals surface area contributed by atoms with Crippen LogP contribution in [0.5, 0.6) is 0 Å². The second kappa shape index (κ2) is 8.51. The van der Waals surface area contributed by atoms with E-state index < -0.39 is 5.54 Å². The van der Waals surface area contributed by atoms with E-state index in [1.165, 1.54) is 0 Å². The Morgan fingerprint density at radius 3 is 2.47 bits per heavy atom. The average Bonchev–Trinajstić information content (AvgIpc) is 3.22. The summed E-state index contributed by atoms with van der Waals surface area (Å²) in [4.78, 5) is 11.9. The molecule has 5 nitrogen and oxygen atoms in total. The number of ether oxygens (including phenoxy) is 3. The highest BCUT2D eigenvalue weighted by Gasteiger charge is 2.49. The fraction of sp³-hybridized carbons (Fsp3) is 0.929. The first-order valence-corrected chi connectivity index (χ1v) is 7.26. The van der Waals surface area contributed by atoms with Gasteiger partial charge in [0, 0.05) is 6.61 Å². The minimum atomic E-state index is -0.973. The van der Waals surface area contributed by atoms with Crippen LogP contribution in [0.25, 0.3) is 0 Å². The van der Waals surface area contributed by atoms with E-state index in [4.69, 9.17) is 19.9 Å². The molecule has 0 radical (unpaired) electrons. The van der Waals surface area contributed by atoms with Crippen molar-refractivity contribution in [1.82, 2.24) is 0 Å². The molecule has 1 atom stereocenters. The molecular formula is C14H27NO4. The van der Waals surface area contributed by atoms with Gasteiger partial charge in [0.25, 0.3) is 0 Å². The second-order valence-electron chi connectivity index (χ2n) is 5.05. The Labute approximate surface area is 115 Å². The van der Waals surface area contributed by atoms with Gasteiger partial charge in [-0.15, -0.1) is 0 Å². The van der Waals surface area contributed by atoms with Gasteiger partial charge in [-0.3, -0.25) is 0 Å². The molecule has 0 aliphatic heterocycles. The molecule has 1 aliphatic carbocycles. The summed E-state index contributed by atoms with van der Waals surface area (Å²) in [5.41, 5.74) is 5.18. The summed E-state index contributed by atoms with van der Waals surface area (Å²) in [6.07, 6.45) is 4.14. The smallest absolute Gasteiger partial charge is 0.328 e. The topological polar surface area (TPSA) is 70.8 Å². The zero-order valence-corrected chi connectivity index (χ0v) is 12.2. The molecule has 0 aromatic heterocycles. The van der Waals surface area contributed by atoms with Crippen LogP contribution < -0.4 is 5.73 Å². The molecule has 2 N–H and O–H groups in total. The number of esters is 1. The van der Waals surface area contributed by atoms with Gasteiger partial charge in [0.1, 0.15) is 5.54 Å². The van der Waals surface area contributed by atoms with Gasteiger partial charge >= 0.3 is 5.97 Å². The molecule has 0 heterocycles. The lowest BCUT2D eigenvalue weighted by Gasteiger charge is -2.26. The van der Waals surface area contributed by atoms with Crippen LogP contribution in [-0.4, -0.2) is 44.5 Å². The molecule has 0 amide bonds. The van der Waals surface area contributed by atoms with Gasteiger partial charge in [0.05, 0.1) is 26.4 Å². The predicted octanol–water partition coefficient (Wildman–Crippen LogP) is 1.49. The predicted molar refractivity (Wildman–Crippen MR) is 72.8 cm³/mol. The maximum atomic E-state index is 11.9. The van der Waals surface area contributed by atoms with Gasteiger partial charge in [0.2, 0.25) is 0 Å². The van der Waals surface area contributed by atoms with Gasteiger partial charge in [0.15, 0.2) is 0 Å². The highest BCUT2D eigenvalue weighted by Crippen LogP contribution is 2.39. The summed E-state index contributed by atoms with van der Waals surface area (Å²) < 4.78 is 15.9. The first-order valence-electron chi connectivity index (χ1n) is 7.26. The number of hydrogen-bond acceptors (Lipinski definition) is 5. The Kier molecular flexibility index (Phi) is 7.34. The lowest BCUT2D eigenvalue weighted by molar-refractivity contribution is -0.153. The Hall–Kier alpha value is -0.650. The summed E-state index contributed by atoms with van der Waals surface area (Å²) in [5, 5.41) is 0. The third kappa shape index (κ3) is 5.47. The zero-order valence-electron chi connectivity index (χ0n) is 12.2. The van der Waals surface area contributed by atoms with Crippen molar-refractivity contribution in [3.8, 4) is 0 Å². The van der Waals surface area contributed by atoms with Crippen molar-refractivity contribution in [3.63, 3.8) is 0 Å². The molecule has 112 valence electrons. The third-order valence-corrected chi connectivity index (χ3v) is 3.32. The minimum Gasteiger partial charge on any atom is -0.465 e. The van der Waals surface area contributed by atoms with Crippen molar-refractivity contribution in [1.29, 1.82) is 0 Å². The van der Waals surface area contributed by atoms with Crippen LogP contribution in [0.3, 0.4) is 0 Å². The molecule has 5 heteroatoms. The Morgan fingerprint density at radius 1 is 1.21 bits per heavy atom. The van der Waals surface area contributed by atoms with Crippen LogP contribution in [0.4, 0.5) is 0 Å². The first kappa shape index (κ1) is 16.4. The van der Waals surface area contributed by atoms with E-state index in [0.29, 0.717) is 19.8 Å². The van der Waals surface area contributed by atoms with Gasteiger partial charge in [-0.25, -0.2) is 4.79 Å². The molecule has 1 rings (SSSR count). The SMILES string of the molecule is CCCCOCCOCC(N)(C(=O)OCC)C1CC1. The standard InChI is InChI=1S/C14H27NO4/c1-3-5-8-17-9-10-18-11-14(15,12-6-7-12)13(16)19-4-2/h12H,3-11,15H2,1-2H3. The molecule has 19 heavy (non-hydrogen) atoms. The lowest BCUT2D eigenvalue weighted by Crippen LogP contribution is -2.55. The fourth-order valence-corrected chi connectivity index (χ4v) is 1.91. The highest BCUT2D eigenvalue weighted by molar-refractivity contribution is 5.81. The molecule has 0 aromatic rings. The number of carbonyl (C=O) groups excluding carboxylic acids is 1. The van der Waals surface area contributed by atoms with Crippen molar-refractivity contribution >= 4 is 5.97 Å². The van der Waals surface area contributed by atoms with Crippen LogP contribution in [0.15, 0.2) is 0 Å². The molecular weight excluding hydrogens is 246 g/mol. The average molecular weight is 273 g/mol. The number of hydrogen-bond donors (Lipinski definition) is 1. The summed E-state index contributed by atoms with van der Waals surface area (Å²) in [7, 11) is 0. The largest absolute Gasteiger partial charge is 0.465 e. The lowest BCUT2D eigenvalue weighted by atomic mass is 9.96. The van der Waals surface area contributed by atoms with Gasteiger partial charge in [-0.1, -0.05) is 13.3 Å². The molecule has 0 bridgehead atoms. The Morgan fingerprint density at radius 2 is 1.89 bits per heavy atom. The van der Waals surface area contributed by atoms with Crippen LogP contribution in [0.1, 0.15) is 39.5 Å². The van der Waals surface area contributed by atoms with E-state index in [-0.39, 0.29) is 18.5 Å². The molecule has 0 spiro atoms. The first-order chi connectivity index (χ1) is 9.15. The quantitative estimate of drug-likeness (QED) is 0.456. The fourth-order valence-electron chi connectivity index (χ4n) is 1.91. The maximum Gasteiger partial charge on any atom is 0.328 e. The van der Waals surface area contributed by atoms with E-state index >= 15 is 0 Å².